The summed E-state index contributed by atoms with van der Waals surface area (Å²) in [6.45, 7) is 4.38. The van der Waals surface area contributed by atoms with Crippen LogP contribution in [0, 0.1) is 37.0 Å². The van der Waals surface area contributed by atoms with Crippen LogP contribution < -0.4 is 30.7 Å². The van der Waals surface area contributed by atoms with E-state index in [1.54, 1.807) is 0 Å². The van der Waals surface area contributed by atoms with Crippen LogP contribution in [0.15, 0.2) is 24.3 Å². The molecule has 1 atom stereocenters. The average Bonchev–Trinajstić information content (AvgIpc) is 3.17. The summed E-state index contributed by atoms with van der Waals surface area (Å²) in [5.74, 6) is 5.28. The number of rotatable bonds is 34. The van der Waals surface area contributed by atoms with E-state index in [-0.39, 0.29) is 147 Å². The number of hydrogen-bond donors (Lipinski definition) is 4. The van der Waals surface area contributed by atoms with Gasteiger partial charge in [0.2, 0.25) is 17.7 Å². The van der Waals surface area contributed by atoms with E-state index in [4.69, 9.17) is 52.2 Å². The van der Waals surface area contributed by atoms with Crippen LogP contribution in [0.2, 0.25) is 0 Å². The molecule has 0 aromatic heterocycles. The van der Waals surface area contributed by atoms with Crippen molar-refractivity contribution in [3.63, 3.8) is 0 Å². The van der Waals surface area contributed by atoms with Crippen LogP contribution in [-0.2, 0) is 47.4 Å². The lowest BCUT2D eigenvalue weighted by Crippen LogP contribution is -2.50. The van der Waals surface area contributed by atoms with Crippen molar-refractivity contribution in [2.24, 2.45) is 0 Å². The van der Waals surface area contributed by atoms with Gasteiger partial charge in [0.15, 0.2) is 7.60 Å². The van der Waals surface area contributed by atoms with E-state index in [0.29, 0.717) is 19.8 Å². The molecule has 0 radical (unpaired) electrons. The fourth-order valence-corrected chi connectivity index (χ4v) is 5.42. The molecule has 0 aliphatic rings. The first kappa shape index (κ1) is 50.5. The predicted octanol–water partition coefficient (Wildman–Crippen LogP) is 0.406. The van der Waals surface area contributed by atoms with Gasteiger partial charge in [-0.2, -0.15) is 0 Å². The maximum Gasteiger partial charge on any atom is 0.251 e. The van der Waals surface area contributed by atoms with Gasteiger partial charge in [0.1, 0.15) is 25.6 Å². The summed E-state index contributed by atoms with van der Waals surface area (Å²) in [6.07, 6.45) is 15.3. The quantitative estimate of drug-likeness (QED) is 0.0421. The molecule has 57 heavy (non-hydrogen) atoms. The van der Waals surface area contributed by atoms with Gasteiger partial charge in [0.25, 0.3) is 5.91 Å². The molecule has 1 rings (SSSR count). The number of carbonyl (C=O) groups excluding carboxylic acids is 4. The number of ether oxygens (including phenoxy) is 6. The summed E-state index contributed by atoms with van der Waals surface area (Å²) < 4.78 is 48.5. The Labute approximate surface area is 335 Å². The maximum atomic E-state index is 13.8. The zero-order valence-corrected chi connectivity index (χ0v) is 33.5. The topological polar surface area (TPSA) is 221 Å². The first-order valence-electron chi connectivity index (χ1n) is 18.4. The van der Waals surface area contributed by atoms with Crippen LogP contribution >= 0.6 is 7.60 Å². The molecule has 1 aromatic carbocycles. The highest BCUT2D eigenvalue weighted by molar-refractivity contribution is 7.50. The molecule has 0 aliphatic carbocycles. The Morgan fingerprint density at radius 1 is 0.649 bits per heavy atom. The van der Waals surface area contributed by atoms with E-state index in [1.807, 2.05) is 0 Å². The second-order valence-corrected chi connectivity index (χ2v) is 14.0. The molecule has 0 saturated carbocycles. The molecular formula is C39H56N4O13P-. The number of nitrogens with one attached hydrogen (secondary N) is 4. The molecule has 17 nitrogen and oxygen atoms in total. The van der Waals surface area contributed by atoms with Gasteiger partial charge in [-0.15, -0.1) is 19.3 Å². The third-order valence-corrected chi connectivity index (χ3v) is 8.16. The molecule has 1 aromatic rings. The zero-order chi connectivity index (χ0) is 42.0. The van der Waals surface area contributed by atoms with Crippen molar-refractivity contribution in [3.8, 4) is 42.8 Å². The number of benzene rings is 1. The Morgan fingerprint density at radius 2 is 1.04 bits per heavy atom. The van der Waals surface area contributed by atoms with Gasteiger partial charge in [-0.05, 0) is 37.5 Å². The van der Waals surface area contributed by atoms with E-state index < -0.39 is 19.0 Å². The summed E-state index contributed by atoms with van der Waals surface area (Å²) in [4.78, 5) is 64.7. The smallest absolute Gasteiger partial charge is 0.251 e. The maximum absolute atomic E-state index is 13.8. The fourth-order valence-electron chi connectivity index (χ4n) is 4.93. The lowest BCUT2D eigenvalue weighted by Gasteiger charge is -2.35. The van der Waals surface area contributed by atoms with E-state index in [2.05, 4.69) is 39.0 Å². The molecule has 0 bridgehead atoms. The summed E-state index contributed by atoms with van der Waals surface area (Å²) >= 11 is 0. The van der Waals surface area contributed by atoms with Crippen LogP contribution in [0.25, 0.3) is 0 Å². The number of carbonyl (C=O) groups is 4. The second-order valence-electron chi connectivity index (χ2n) is 12.3. The van der Waals surface area contributed by atoms with Crippen molar-refractivity contribution in [3.05, 3.63) is 29.8 Å². The fraction of sp³-hybridized carbons (Fsp3) is 0.590. The standard InChI is InChI=1S/C39H57N4O13P/c1-5-20-50-26-29-53-23-17-40-35(44)11-14-39(15-12-36(45)41-18-24-54-30-27-51-21-6-2,16-13-37(46)42-19-25-55-31-28-52-22-7-3)43-38(47)33-9-8-10-34(32-33)56-57(4,48)49/h1-3,8-10,32H,11-31H2,4H3,(H,40,44)(H,41,45)(H,42,46)(H,43,47)(H,48,49)/p-1. The Morgan fingerprint density at radius 3 is 1.40 bits per heavy atom. The highest BCUT2D eigenvalue weighted by Crippen LogP contribution is 2.34. The van der Waals surface area contributed by atoms with E-state index in [1.165, 1.54) is 24.3 Å². The van der Waals surface area contributed by atoms with Gasteiger partial charge >= 0.3 is 0 Å². The van der Waals surface area contributed by atoms with Gasteiger partial charge in [-0.25, -0.2) is 0 Å². The minimum Gasteiger partial charge on any atom is -0.769 e. The Bertz CT molecular complexity index is 1400. The minimum atomic E-state index is -4.19. The first-order valence-corrected chi connectivity index (χ1v) is 20.4. The van der Waals surface area contributed by atoms with Crippen LogP contribution in [0.1, 0.15) is 48.9 Å². The Hall–Kier alpha value is -4.47. The van der Waals surface area contributed by atoms with E-state index in [0.717, 1.165) is 6.66 Å². The van der Waals surface area contributed by atoms with Crippen molar-refractivity contribution < 1.29 is 61.6 Å². The summed E-state index contributed by atoms with van der Waals surface area (Å²) in [7, 11) is -4.19. The molecule has 4 amide bonds. The molecule has 0 heterocycles. The van der Waals surface area contributed by atoms with Crippen LogP contribution in [0.5, 0.6) is 5.75 Å². The monoisotopic (exact) mass is 819 g/mol. The molecule has 4 N–H and O–H groups in total. The number of hydrogen-bond acceptors (Lipinski definition) is 13. The van der Waals surface area contributed by atoms with Gasteiger partial charge < -0.3 is 59.1 Å². The molecule has 0 fully saturated rings. The number of terminal acetylenes is 3. The highest BCUT2D eigenvalue weighted by atomic mass is 31.2. The van der Waals surface area contributed by atoms with Gasteiger partial charge in [-0.3, -0.25) is 23.7 Å². The molecular weight excluding hydrogens is 763 g/mol. The third-order valence-electron chi connectivity index (χ3n) is 7.62. The highest BCUT2D eigenvalue weighted by Gasteiger charge is 2.34. The van der Waals surface area contributed by atoms with Crippen molar-refractivity contribution in [1.82, 2.24) is 21.3 Å². The van der Waals surface area contributed by atoms with Crippen LogP contribution in [0.4, 0.5) is 0 Å². The molecule has 316 valence electrons. The summed E-state index contributed by atoms with van der Waals surface area (Å²) in [5, 5.41) is 11.3. The second kappa shape index (κ2) is 31.6. The lowest BCUT2D eigenvalue weighted by atomic mass is 9.82. The van der Waals surface area contributed by atoms with E-state index >= 15 is 0 Å². The normalized spacial score (nSPS) is 11.9. The van der Waals surface area contributed by atoms with Gasteiger partial charge in [0.05, 0.1) is 59.5 Å². The summed E-state index contributed by atoms with van der Waals surface area (Å²) in [6, 6.07) is 5.55. The third kappa shape index (κ3) is 27.7. The molecule has 0 spiro atoms. The number of amides is 4. The largest absolute Gasteiger partial charge is 0.769 e. The summed E-state index contributed by atoms with van der Waals surface area (Å²) in [5.41, 5.74) is -1.21. The first-order chi connectivity index (χ1) is 27.4. The van der Waals surface area contributed by atoms with E-state index in [9.17, 15) is 28.6 Å². The predicted molar refractivity (Wildman–Crippen MR) is 209 cm³/mol. The Kier molecular flexibility index (Phi) is 28.0. The lowest BCUT2D eigenvalue weighted by molar-refractivity contribution is -0.188. The van der Waals surface area contributed by atoms with Crippen molar-refractivity contribution >= 4 is 31.2 Å². The van der Waals surface area contributed by atoms with Gasteiger partial charge in [0, 0.05) is 56.7 Å². The average molecular weight is 820 g/mol. The van der Waals surface area contributed by atoms with Crippen LogP contribution in [0.3, 0.4) is 0 Å². The van der Waals surface area contributed by atoms with Crippen LogP contribution in [-0.4, -0.2) is 135 Å². The molecule has 18 heteroatoms. The molecule has 0 aliphatic heterocycles. The van der Waals surface area contributed by atoms with Crippen molar-refractivity contribution in [1.29, 1.82) is 0 Å². The zero-order valence-electron chi connectivity index (χ0n) is 32.6. The SMILES string of the molecule is C#CCOCCOCCNC(=O)CCC(CCC(=O)NCCOCCOCC#C)(CCC(=O)NCCOCCOCC#C)NC(=O)c1cccc(OP(C)(=O)[O-])c1. The molecule has 0 saturated heterocycles. The molecule has 1 unspecified atom stereocenters. The van der Waals surface area contributed by atoms with Crippen molar-refractivity contribution in [2.45, 2.75) is 44.1 Å². The Balaban J connectivity index is 3.11. The van der Waals surface area contributed by atoms with Gasteiger partial charge in [-0.1, -0.05) is 23.8 Å². The minimum absolute atomic E-state index is 0.0361. The van der Waals surface area contributed by atoms with Crippen molar-refractivity contribution in [2.75, 3.05) is 106 Å².